The average molecular weight is 374 g/mol. The number of benzene rings is 1. The second kappa shape index (κ2) is 8.69. The second-order valence-corrected chi connectivity index (χ2v) is 6.97. The van der Waals surface area contributed by atoms with Gasteiger partial charge in [0.25, 0.3) is 0 Å². The van der Waals surface area contributed by atoms with Crippen molar-refractivity contribution in [3.8, 4) is 0 Å². The summed E-state index contributed by atoms with van der Waals surface area (Å²) in [6.45, 7) is 2.77. The number of nitrogens with zero attached hydrogens (tertiary/aromatic N) is 5. The van der Waals surface area contributed by atoms with Crippen LogP contribution in [0.25, 0.3) is 11.7 Å². The minimum Gasteiger partial charge on any atom is -0.356 e. The molecule has 3 heterocycles. The molecule has 4 rings (SSSR count). The third-order valence-corrected chi connectivity index (χ3v) is 5.10. The minimum absolute atomic E-state index is 0.783. The van der Waals surface area contributed by atoms with Crippen LogP contribution in [0.15, 0.2) is 65.3 Å². The number of pyridine rings is 1. The van der Waals surface area contributed by atoms with E-state index < -0.39 is 0 Å². The van der Waals surface area contributed by atoms with Crippen molar-refractivity contribution in [1.82, 2.24) is 24.8 Å². The normalized spacial score (nSPS) is 15.1. The molecule has 6 heteroatoms. The van der Waals surface area contributed by atoms with Gasteiger partial charge in [-0.25, -0.2) is 0 Å². The van der Waals surface area contributed by atoms with Crippen molar-refractivity contribution in [3.05, 3.63) is 71.7 Å². The van der Waals surface area contributed by atoms with E-state index in [4.69, 9.17) is 0 Å². The van der Waals surface area contributed by atoms with E-state index in [1.54, 1.807) is 0 Å². The zero-order valence-corrected chi connectivity index (χ0v) is 16.3. The summed E-state index contributed by atoms with van der Waals surface area (Å²) in [6, 6.07) is 16.5. The number of nitrogens with one attached hydrogen (secondary N) is 1. The lowest BCUT2D eigenvalue weighted by molar-refractivity contribution is 0.375. The van der Waals surface area contributed by atoms with Gasteiger partial charge in [0.05, 0.1) is 0 Å². The highest BCUT2D eigenvalue weighted by atomic mass is 15.3. The van der Waals surface area contributed by atoms with Crippen LogP contribution in [0.1, 0.15) is 24.2 Å². The summed E-state index contributed by atoms with van der Waals surface area (Å²) < 4.78 is 2.03. The highest BCUT2D eigenvalue weighted by molar-refractivity contribution is 5.80. The smallest absolute Gasteiger partial charge is 0.193 e. The number of aromatic nitrogens is 3. The Kier molecular flexibility index (Phi) is 5.66. The van der Waals surface area contributed by atoms with Crippen molar-refractivity contribution in [3.63, 3.8) is 0 Å². The van der Waals surface area contributed by atoms with E-state index in [0.717, 1.165) is 56.3 Å². The summed E-state index contributed by atoms with van der Waals surface area (Å²) in [5.74, 6) is 1.93. The van der Waals surface area contributed by atoms with Gasteiger partial charge in [0, 0.05) is 39.3 Å². The molecule has 0 amide bonds. The van der Waals surface area contributed by atoms with Gasteiger partial charge >= 0.3 is 0 Å². The molecule has 1 N–H and O–H groups in total. The lowest BCUT2D eigenvalue weighted by atomic mass is 10.0. The van der Waals surface area contributed by atoms with Crippen LogP contribution in [0.5, 0.6) is 0 Å². The monoisotopic (exact) mass is 374 g/mol. The van der Waals surface area contributed by atoms with Crippen molar-refractivity contribution < 1.29 is 0 Å². The summed E-state index contributed by atoms with van der Waals surface area (Å²) >= 11 is 0. The summed E-state index contributed by atoms with van der Waals surface area (Å²) in [5, 5.41) is 12.0. The van der Waals surface area contributed by atoms with Crippen LogP contribution in [0.3, 0.4) is 0 Å². The lowest BCUT2D eigenvalue weighted by Gasteiger charge is -2.31. The Hall–Kier alpha value is -3.15. The minimum atomic E-state index is 0.783. The molecule has 1 saturated heterocycles. The van der Waals surface area contributed by atoms with E-state index in [0.29, 0.717) is 0 Å². The first-order valence-electron chi connectivity index (χ1n) is 9.82. The Morgan fingerprint density at radius 2 is 1.86 bits per heavy atom. The molecule has 28 heavy (non-hydrogen) atoms. The molecule has 0 aliphatic carbocycles. The fourth-order valence-corrected chi connectivity index (χ4v) is 3.61. The Morgan fingerprint density at radius 1 is 1.07 bits per heavy atom. The largest absolute Gasteiger partial charge is 0.356 e. The molecule has 0 bridgehead atoms. The SMILES string of the molecule is CN=C(NCCc1nnc2ccccn12)N1CCC(=Cc2ccccc2)CC1. The fourth-order valence-electron chi connectivity index (χ4n) is 3.61. The van der Waals surface area contributed by atoms with Gasteiger partial charge in [0.1, 0.15) is 5.82 Å². The first-order chi connectivity index (χ1) is 13.8. The van der Waals surface area contributed by atoms with E-state index in [1.165, 1.54) is 11.1 Å². The van der Waals surface area contributed by atoms with Gasteiger partial charge in [0.15, 0.2) is 11.6 Å². The van der Waals surface area contributed by atoms with E-state index in [2.05, 4.69) is 61.8 Å². The zero-order valence-electron chi connectivity index (χ0n) is 16.3. The molecule has 1 fully saturated rings. The van der Waals surface area contributed by atoms with Crippen LogP contribution in [0, 0.1) is 0 Å². The molecule has 0 atom stereocenters. The maximum absolute atomic E-state index is 4.47. The summed E-state index contributed by atoms with van der Waals surface area (Å²) in [6.07, 6.45) is 7.28. The highest BCUT2D eigenvalue weighted by Crippen LogP contribution is 2.19. The number of rotatable bonds is 4. The predicted molar refractivity (Wildman–Crippen MR) is 113 cm³/mol. The number of aliphatic imine (C=N–C) groups is 1. The standard InChI is InChI=1S/C22H26N6/c1-23-22(24-13-10-21-26-25-20-9-5-6-14-28(20)21)27-15-11-19(12-16-27)17-18-7-3-2-4-8-18/h2-9,14,17H,10-13,15-16H2,1H3,(H,23,24). The second-order valence-electron chi connectivity index (χ2n) is 6.97. The van der Waals surface area contributed by atoms with Gasteiger partial charge in [-0.05, 0) is 30.5 Å². The molecule has 1 aliphatic heterocycles. The topological polar surface area (TPSA) is 57.8 Å². The highest BCUT2D eigenvalue weighted by Gasteiger charge is 2.17. The molecule has 1 aliphatic rings. The van der Waals surface area contributed by atoms with Crippen molar-refractivity contribution in [2.75, 3.05) is 26.7 Å². The molecule has 6 nitrogen and oxygen atoms in total. The van der Waals surface area contributed by atoms with Gasteiger partial charge < -0.3 is 10.2 Å². The Balaban J connectivity index is 1.30. The van der Waals surface area contributed by atoms with Crippen molar-refractivity contribution >= 4 is 17.7 Å². The first-order valence-corrected chi connectivity index (χ1v) is 9.82. The van der Waals surface area contributed by atoms with Crippen LogP contribution < -0.4 is 5.32 Å². The molecule has 2 aromatic heterocycles. The van der Waals surface area contributed by atoms with E-state index >= 15 is 0 Å². The van der Waals surface area contributed by atoms with Crippen molar-refractivity contribution in [2.24, 2.45) is 4.99 Å². The van der Waals surface area contributed by atoms with Crippen LogP contribution >= 0.6 is 0 Å². The number of guanidine groups is 1. The lowest BCUT2D eigenvalue weighted by Crippen LogP contribution is -2.45. The molecule has 3 aromatic rings. The summed E-state index contributed by atoms with van der Waals surface area (Å²) in [4.78, 5) is 6.81. The number of likely N-dealkylation sites (tertiary alicyclic amines) is 1. The van der Waals surface area contributed by atoms with E-state index in [1.807, 2.05) is 35.8 Å². The quantitative estimate of drug-likeness (QED) is 0.563. The Bertz CT molecular complexity index is 963. The third kappa shape index (κ3) is 4.22. The van der Waals surface area contributed by atoms with Crippen molar-refractivity contribution in [2.45, 2.75) is 19.3 Å². The molecular formula is C22H26N6. The van der Waals surface area contributed by atoms with Gasteiger partial charge in [-0.3, -0.25) is 9.39 Å². The first kappa shape index (κ1) is 18.2. The number of fused-ring (bicyclic) bond motifs is 1. The molecule has 0 radical (unpaired) electrons. The summed E-state index contributed by atoms with van der Waals surface area (Å²) in [7, 11) is 1.85. The van der Waals surface area contributed by atoms with Crippen molar-refractivity contribution in [1.29, 1.82) is 0 Å². The van der Waals surface area contributed by atoms with Crippen LogP contribution in [-0.2, 0) is 6.42 Å². The van der Waals surface area contributed by atoms with Crippen LogP contribution in [-0.4, -0.2) is 52.1 Å². The zero-order chi connectivity index (χ0) is 19.2. The van der Waals surface area contributed by atoms with E-state index in [-0.39, 0.29) is 0 Å². The Morgan fingerprint density at radius 3 is 2.64 bits per heavy atom. The van der Waals surface area contributed by atoms with Gasteiger partial charge in [-0.2, -0.15) is 0 Å². The van der Waals surface area contributed by atoms with Gasteiger partial charge in [0.2, 0.25) is 0 Å². The molecule has 1 aromatic carbocycles. The predicted octanol–water partition coefficient (Wildman–Crippen LogP) is 3.03. The van der Waals surface area contributed by atoms with E-state index in [9.17, 15) is 0 Å². The number of hydrogen-bond donors (Lipinski definition) is 1. The molecule has 0 unspecified atom stereocenters. The maximum Gasteiger partial charge on any atom is 0.193 e. The third-order valence-electron chi connectivity index (χ3n) is 5.10. The van der Waals surface area contributed by atoms with Crippen LogP contribution in [0.4, 0.5) is 0 Å². The molecule has 0 saturated carbocycles. The molecular weight excluding hydrogens is 348 g/mol. The fraction of sp³-hybridized carbons (Fsp3) is 0.318. The molecule has 0 spiro atoms. The summed E-state index contributed by atoms with van der Waals surface area (Å²) in [5.41, 5.74) is 3.68. The van der Waals surface area contributed by atoms with Gasteiger partial charge in [-0.1, -0.05) is 48.0 Å². The molecule has 144 valence electrons. The maximum atomic E-state index is 4.47. The number of piperidine rings is 1. The average Bonchev–Trinajstić information content (AvgIpc) is 3.16. The Labute approximate surface area is 165 Å². The van der Waals surface area contributed by atoms with Gasteiger partial charge in [-0.15, -0.1) is 10.2 Å². The van der Waals surface area contributed by atoms with Crippen LogP contribution in [0.2, 0.25) is 0 Å². The number of hydrogen-bond acceptors (Lipinski definition) is 3.